The highest BCUT2D eigenvalue weighted by molar-refractivity contribution is 5.94. The van der Waals surface area contributed by atoms with E-state index in [0.717, 1.165) is 5.39 Å². The monoisotopic (exact) mass is 264 g/mol. The Morgan fingerprint density at radius 2 is 2.26 bits per heavy atom. The summed E-state index contributed by atoms with van der Waals surface area (Å²) in [5, 5.41) is 14.1. The lowest BCUT2D eigenvalue weighted by Crippen LogP contribution is -2.08. The van der Waals surface area contributed by atoms with Gasteiger partial charge in [0, 0.05) is 7.11 Å². The average Bonchev–Trinajstić information content (AvgIpc) is 2.74. The van der Waals surface area contributed by atoms with Crippen LogP contribution in [0.4, 0.5) is 0 Å². The molecule has 0 aliphatic heterocycles. The van der Waals surface area contributed by atoms with Gasteiger partial charge >= 0.3 is 5.97 Å². The van der Waals surface area contributed by atoms with E-state index in [9.17, 15) is 4.79 Å². The summed E-state index contributed by atoms with van der Waals surface area (Å²) in [6.07, 6.45) is 0. The van der Waals surface area contributed by atoms with Gasteiger partial charge in [-0.1, -0.05) is 0 Å². The highest BCUT2D eigenvalue weighted by atomic mass is 16.5. The number of carboxylic acid groups (broad SMARTS) is 1. The van der Waals surface area contributed by atoms with Gasteiger partial charge in [0.25, 0.3) is 0 Å². The first-order valence-electron chi connectivity index (χ1n) is 6.03. The third-order valence-corrected chi connectivity index (χ3v) is 2.73. The van der Waals surface area contributed by atoms with E-state index in [1.54, 1.807) is 30.0 Å². The van der Waals surface area contributed by atoms with Crippen molar-refractivity contribution in [3.8, 4) is 5.88 Å². The Kier molecular flexibility index (Phi) is 4.01. The van der Waals surface area contributed by atoms with Crippen molar-refractivity contribution in [1.82, 2.24) is 9.78 Å². The molecule has 0 aliphatic rings. The molecule has 0 bridgehead atoms. The molecule has 0 spiro atoms. The highest BCUT2D eigenvalue weighted by Gasteiger charge is 2.14. The van der Waals surface area contributed by atoms with Gasteiger partial charge in [-0.3, -0.25) is 0 Å². The second-order valence-electron chi connectivity index (χ2n) is 3.99. The summed E-state index contributed by atoms with van der Waals surface area (Å²) in [5.74, 6) is -0.321. The van der Waals surface area contributed by atoms with Crippen LogP contribution < -0.4 is 4.74 Å². The first-order valence-corrected chi connectivity index (χ1v) is 6.03. The molecular weight excluding hydrogens is 248 g/mol. The lowest BCUT2D eigenvalue weighted by molar-refractivity contribution is 0.0697. The first kappa shape index (κ1) is 13.4. The lowest BCUT2D eigenvalue weighted by atomic mass is 10.1. The highest BCUT2D eigenvalue weighted by Crippen LogP contribution is 2.26. The Bertz CT molecular complexity index is 592. The molecule has 1 aromatic heterocycles. The van der Waals surface area contributed by atoms with Crippen LogP contribution in [0.2, 0.25) is 0 Å². The van der Waals surface area contributed by atoms with Crippen LogP contribution in [0.25, 0.3) is 10.9 Å². The van der Waals surface area contributed by atoms with Gasteiger partial charge in [0.15, 0.2) is 0 Å². The van der Waals surface area contributed by atoms with Gasteiger partial charge in [0.2, 0.25) is 5.88 Å². The van der Waals surface area contributed by atoms with E-state index >= 15 is 0 Å². The molecule has 0 saturated carbocycles. The molecule has 1 N–H and O–H groups in total. The molecule has 2 aromatic rings. The zero-order valence-electron chi connectivity index (χ0n) is 10.9. The predicted molar refractivity (Wildman–Crippen MR) is 69.7 cm³/mol. The van der Waals surface area contributed by atoms with Crippen LogP contribution in [0, 0.1) is 0 Å². The van der Waals surface area contributed by atoms with E-state index in [0.29, 0.717) is 31.2 Å². The van der Waals surface area contributed by atoms with E-state index in [-0.39, 0.29) is 5.56 Å². The molecule has 2 rings (SSSR count). The number of rotatable bonds is 6. The molecule has 0 fully saturated rings. The van der Waals surface area contributed by atoms with Gasteiger partial charge in [0.1, 0.15) is 0 Å². The largest absolute Gasteiger partial charge is 0.478 e. The molecule has 6 heteroatoms. The molecule has 1 heterocycles. The molecule has 0 atom stereocenters. The second kappa shape index (κ2) is 5.71. The Labute approximate surface area is 110 Å². The van der Waals surface area contributed by atoms with Crippen LogP contribution in [0.3, 0.4) is 0 Å². The summed E-state index contributed by atoms with van der Waals surface area (Å²) in [7, 11) is 1.62. The van der Waals surface area contributed by atoms with Crippen molar-refractivity contribution >= 4 is 16.9 Å². The maximum atomic E-state index is 10.9. The maximum absolute atomic E-state index is 10.9. The quantitative estimate of drug-likeness (QED) is 0.860. The van der Waals surface area contributed by atoms with E-state index < -0.39 is 5.97 Å². The number of fused-ring (bicyclic) bond motifs is 1. The summed E-state index contributed by atoms with van der Waals surface area (Å²) in [6, 6.07) is 4.82. The molecule has 0 unspecified atom stereocenters. The number of aromatic carboxylic acids is 1. The Morgan fingerprint density at radius 3 is 2.89 bits per heavy atom. The number of nitrogens with zero attached hydrogens (tertiary/aromatic N) is 2. The number of hydrogen-bond donors (Lipinski definition) is 1. The third kappa shape index (κ3) is 2.68. The molecule has 1 aromatic carbocycles. The minimum absolute atomic E-state index is 0.215. The van der Waals surface area contributed by atoms with Crippen LogP contribution in [-0.2, 0) is 11.3 Å². The molecular formula is C13H16N2O4. The smallest absolute Gasteiger partial charge is 0.335 e. The number of hydrogen-bond acceptors (Lipinski definition) is 4. The van der Waals surface area contributed by atoms with E-state index in [2.05, 4.69) is 5.10 Å². The van der Waals surface area contributed by atoms with Gasteiger partial charge in [-0.25, -0.2) is 9.48 Å². The van der Waals surface area contributed by atoms with E-state index in [1.165, 1.54) is 0 Å². The summed E-state index contributed by atoms with van der Waals surface area (Å²) in [6.45, 7) is 3.49. The number of benzene rings is 1. The Morgan fingerprint density at radius 1 is 1.47 bits per heavy atom. The van der Waals surface area contributed by atoms with E-state index in [4.69, 9.17) is 14.6 Å². The number of carbonyl (C=O) groups is 1. The fourth-order valence-electron chi connectivity index (χ4n) is 1.86. The number of carboxylic acids is 1. The third-order valence-electron chi connectivity index (χ3n) is 2.73. The van der Waals surface area contributed by atoms with Crippen molar-refractivity contribution < 1.29 is 19.4 Å². The van der Waals surface area contributed by atoms with Gasteiger partial charge in [0.05, 0.1) is 36.2 Å². The lowest BCUT2D eigenvalue weighted by Gasteiger charge is -2.07. The normalized spacial score (nSPS) is 10.8. The summed E-state index contributed by atoms with van der Waals surface area (Å²) in [4.78, 5) is 10.9. The van der Waals surface area contributed by atoms with Crippen molar-refractivity contribution in [2.24, 2.45) is 0 Å². The second-order valence-corrected chi connectivity index (χ2v) is 3.99. The van der Waals surface area contributed by atoms with Crippen molar-refractivity contribution in [2.75, 3.05) is 20.3 Å². The zero-order valence-corrected chi connectivity index (χ0v) is 10.9. The molecule has 102 valence electrons. The minimum Gasteiger partial charge on any atom is -0.478 e. The molecule has 19 heavy (non-hydrogen) atoms. The van der Waals surface area contributed by atoms with Crippen molar-refractivity contribution in [3.05, 3.63) is 23.8 Å². The molecule has 6 nitrogen and oxygen atoms in total. The van der Waals surface area contributed by atoms with Crippen LogP contribution >= 0.6 is 0 Å². The van der Waals surface area contributed by atoms with Crippen LogP contribution in [0.15, 0.2) is 18.2 Å². The predicted octanol–water partition coefficient (Wildman–Crippen LogP) is 1.78. The van der Waals surface area contributed by atoms with Crippen molar-refractivity contribution in [3.63, 3.8) is 0 Å². The Hall–Kier alpha value is -2.08. The molecule has 0 aliphatic carbocycles. The average molecular weight is 264 g/mol. The van der Waals surface area contributed by atoms with Crippen molar-refractivity contribution in [1.29, 1.82) is 0 Å². The van der Waals surface area contributed by atoms with Crippen LogP contribution in [0.5, 0.6) is 5.88 Å². The standard InChI is InChI=1S/C13H16N2O4/c1-3-19-12-10-5-4-9(13(16)17)8-11(10)14-15(12)6-7-18-2/h4-5,8H,3,6-7H2,1-2H3,(H,16,17). The van der Waals surface area contributed by atoms with Gasteiger partial charge < -0.3 is 14.6 Å². The van der Waals surface area contributed by atoms with Gasteiger partial charge in [-0.15, -0.1) is 0 Å². The maximum Gasteiger partial charge on any atom is 0.335 e. The summed E-state index contributed by atoms with van der Waals surface area (Å²) in [5.41, 5.74) is 0.825. The minimum atomic E-state index is -0.966. The number of ether oxygens (including phenoxy) is 2. The molecule has 0 amide bonds. The fourth-order valence-corrected chi connectivity index (χ4v) is 1.86. The fraction of sp³-hybridized carbons (Fsp3) is 0.385. The zero-order chi connectivity index (χ0) is 13.8. The van der Waals surface area contributed by atoms with Crippen molar-refractivity contribution in [2.45, 2.75) is 13.5 Å². The number of methoxy groups -OCH3 is 1. The molecule has 0 saturated heterocycles. The topological polar surface area (TPSA) is 73.6 Å². The SMILES string of the molecule is CCOc1c2ccc(C(=O)O)cc2nn1CCOC. The first-order chi connectivity index (χ1) is 9.17. The number of aromatic nitrogens is 2. The van der Waals surface area contributed by atoms with Gasteiger partial charge in [-0.05, 0) is 25.1 Å². The van der Waals surface area contributed by atoms with Gasteiger partial charge in [-0.2, -0.15) is 5.10 Å². The van der Waals surface area contributed by atoms with Crippen LogP contribution in [-0.4, -0.2) is 41.2 Å². The Balaban J connectivity index is 2.48. The summed E-state index contributed by atoms with van der Waals surface area (Å²) >= 11 is 0. The molecule has 0 radical (unpaired) electrons. The summed E-state index contributed by atoms with van der Waals surface area (Å²) < 4.78 is 12.3. The van der Waals surface area contributed by atoms with E-state index in [1.807, 2.05) is 6.92 Å². The van der Waals surface area contributed by atoms with Crippen LogP contribution in [0.1, 0.15) is 17.3 Å².